The maximum Gasteiger partial charge on any atom is 0.135 e. The van der Waals surface area contributed by atoms with Crippen molar-refractivity contribution in [2.75, 3.05) is 13.2 Å². The molecule has 0 aliphatic heterocycles. The number of ether oxygens (including phenoxy) is 3. The highest BCUT2D eigenvalue weighted by atomic mass is 16.5. The Hall–Kier alpha value is -3.20. The summed E-state index contributed by atoms with van der Waals surface area (Å²) in [4.78, 5) is 0. The molecule has 0 heterocycles. The number of hydrogen-bond acceptors (Lipinski definition) is 3. The Labute approximate surface area is 159 Å². The normalized spacial score (nSPS) is 10.9. The number of hydrogen-bond donors (Lipinski definition) is 0. The van der Waals surface area contributed by atoms with Gasteiger partial charge in [0.15, 0.2) is 0 Å². The Morgan fingerprint density at radius 1 is 0.556 bits per heavy atom. The standard InChI is InChI=1S/C24H22O3/c1-3-25-23-19-12-8-9-13-20(19)24(26-4-2)22-16-18(14-15-21(22)23)27-17-10-6-5-7-11-17/h5-16H,3-4H2,1-2H3. The number of rotatable bonds is 6. The van der Waals surface area contributed by atoms with Gasteiger partial charge in [-0.3, -0.25) is 0 Å². The average Bonchev–Trinajstić information content (AvgIpc) is 2.71. The Morgan fingerprint density at radius 2 is 1.11 bits per heavy atom. The molecule has 0 spiro atoms. The van der Waals surface area contributed by atoms with Gasteiger partial charge in [-0.05, 0) is 44.2 Å². The van der Waals surface area contributed by atoms with Crippen LogP contribution < -0.4 is 14.2 Å². The van der Waals surface area contributed by atoms with Crippen LogP contribution in [0.25, 0.3) is 21.5 Å². The Kier molecular flexibility index (Phi) is 4.84. The van der Waals surface area contributed by atoms with E-state index in [9.17, 15) is 0 Å². The van der Waals surface area contributed by atoms with Gasteiger partial charge in [0, 0.05) is 21.5 Å². The zero-order valence-electron chi connectivity index (χ0n) is 15.6. The van der Waals surface area contributed by atoms with Gasteiger partial charge in [-0.1, -0.05) is 42.5 Å². The second-order valence-electron chi connectivity index (χ2n) is 6.19. The van der Waals surface area contributed by atoms with Crippen LogP contribution in [0.3, 0.4) is 0 Å². The van der Waals surface area contributed by atoms with E-state index in [0.717, 1.165) is 44.5 Å². The highest BCUT2D eigenvalue weighted by molar-refractivity contribution is 6.11. The van der Waals surface area contributed by atoms with Crippen molar-refractivity contribution in [3.05, 3.63) is 72.8 Å². The highest BCUT2D eigenvalue weighted by Crippen LogP contribution is 2.44. The lowest BCUT2D eigenvalue weighted by Crippen LogP contribution is -1.99. The van der Waals surface area contributed by atoms with Crippen LogP contribution in [0.5, 0.6) is 23.0 Å². The summed E-state index contributed by atoms with van der Waals surface area (Å²) in [5, 5.41) is 4.13. The van der Waals surface area contributed by atoms with Crippen LogP contribution in [0.15, 0.2) is 72.8 Å². The third kappa shape index (κ3) is 3.28. The summed E-state index contributed by atoms with van der Waals surface area (Å²) >= 11 is 0. The fraction of sp³-hybridized carbons (Fsp3) is 0.167. The average molecular weight is 358 g/mol. The molecule has 0 bridgehead atoms. The predicted molar refractivity (Wildman–Crippen MR) is 110 cm³/mol. The Balaban J connectivity index is 1.95. The first kappa shape index (κ1) is 17.2. The van der Waals surface area contributed by atoms with E-state index in [2.05, 4.69) is 12.1 Å². The van der Waals surface area contributed by atoms with Crippen molar-refractivity contribution in [1.82, 2.24) is 0 Å². The minimum absolute atomic E-state index is 0.594. The molecule has 136 valence electrons. The molecular weight excluding hydrogens is 336 g/mol. The quantitative estimate of drug-likeness (QED) is 0.364. The van der Waals surface area contributed by atoms with E-state index in [1.807, 2.05) is 74.5 Å². The van der Waals surface area contributed by atoms with Gasteiger partial charge in [0.1, 0.15) is 23.0 Å². The molecule has 0 radical (unpaired) electrons. The highest BCUT2D eigenvalue weighted by Gasteiger charge is 2.16. The van der Waals surface area contributed by atoms with E-state index in [4.69, 9.17) is 14.2 Å². The SMILES string of the molecule is CCOc1c2ccccc2c(OCC)c2cc(Oc3ccccc3)ccc12. The Morgan fingerprint density at radius 3 is 1.74 bits per heavy atom. The van der Waals surface area contributed by atoms with Crippen LogP contribution in [-0.2, 0) is 0 Å². The van der Waals surface area contributed by atoms with Crippen molar-refractivity contribution >= 4 is 21.5 Å². The predicted octanol–water partition coefficient (Wildman–Crippen LogP) is 6.58. The zero-order valence-corrected chi connectivity index (χ0v) is 15.6. The molecule has 0 aromatic heterocycles. The molecule has 27 heavy (non-hydrogen) atoms. The van der Waals surface area contributed by atoms with Crippen LogP contribution in [-0.4, -0.2) is 13.2 Å². The van der Waals surface area contributed by atoms with E-state index >= 15 is 0 Å². The molecule has 3 nitrogen and oxygen atoms in total. The van der Waals surface area contributed by atoms with Crippen molar-refractivity contribution in [3.63, 3.8) is 0 Å². The number of benzene rings is 4. The molecule has 0 fully saturated rings. The van der Waals surface area contributed by atoms with E-state index in [-0.39, 0.29) is 0 Å². The molecule has 0 aliphatic rings. The lowest BCUT2D eigenvalue weighted by atomic mass is 10.00. The molecule has 0 atom stereocenters. The summed E-state index contributed by atoms with van der Waals surface area (Å²) in [5.41, 5.74) is 0. The number of para-hydroxylation sites is 1. The monoisotopic (exact) mass is 358 g/mol. The second kappa shape index (κ2) is 7.58. The molecule has 3 heteroatoms. The lowest BCUT2D eigenvalue weighted by molar-refractivity contribution is 0.342. The van der Waals surface area contributed by atoms with Crippen molar-refractivity contribution in [1.29, 1.82) is 0 Å². The van der Waals surface area contributed by atoms with Gasteiger partial charge in [0.2, 0.25) is 0 Å². The first-order valence-corrected chi connectivity index (χ1v) is 9.28. The fourth-order valence-corrected chi connectivity index (χ4v) is 3.37. The minimum atomic E-state index is 0.594. The molecule has 0 aliphatic carbocycles. The summed E-state index contributed by atoms with van der Waals surface area (Å²) in [6.45, 7) is 5.21. The zero-order chi connectivity index (χ0) is 18.6. The van der Waals surface area contributed by atoms with E-state index < -0.39 is 0 Å². The van der Waals surface area contributed by atoms with E-state index in [1.54, 1.807) is 0 Å². The van der Waals surface area contributed by atoms with Crippen molar-refractivity contribution in [2.45, 2.75) is 13.8 Å². The van der Waals surface area contributed by atoms with Gasteiger partial charge in [-0.25, -0.2) is 0 Å². The largest absolute Gasteiger partial charge is 0.493 e. The van der Waals surface area contributed by atoms with Gasteiger partial charge < -0.3 is 14.2 Å². The summed E-state index contributed by atoms with van der Waals surface area (Å²) in [7, 11) is 0. The smallest absolute Gasteiger partial charge is 0.135 e. The molecule has 0 saturated heterocycles. The van der Waals surface area contributed by atoms with Crippen LogP contribution in [0.4, 0.5) is 0 Å². The van der Waals surface area contributed by atoms with Crippen molar-refractivity contribution < 1.29 is 14.2 Å². The summed E-state index contributed by atoms with van der Waals surface area (Å²) in [6, 6.07) is 24.0. The second-order valence-corrected chi connectivity index (χ2v) is 6.19. The third-order valence-corrected chi connectivity index (χ3v) is 4.45. The van der Waals surface area contributed by atoms with E-state index in [0.29, 0.717) is 13.2 Å². The van der Waals surface area contributed by atoms with Gasteiger partial charge in [0.05, 0.1) is 13.2 Å². The maximum atomic E-state index is 6.06. The third-order valence-electron chi connectivity index (χ3n) is 4.45. The minimum Gasteiger partial charge on any atom is -0.493 e. The van der Waals surface area contributed by atoms with Crippen molar-refractivity contribution in [2.24, 2.45) is 0 Å². The van der Waals surface area contributed by atoms with Gasteiger partial charge in [-0.2, -0.15) is 0 Å². The molecule has 0 N–H and O–H groups in total. The van der Waals surface area contributed by atoms with E-state index in [1.165, 1.54) is 0 Å². The van der Waals surface area contributed by atoms with Gasteiger partial charge >= 0.3 is 0 Å². The molecule has 4 rings (SSSR count). The van der Waals surface area contributed by atoms with Gasteiger partial charge in [-0.15, -0.1) is 0 Å². The molecule has 0 unspecified atom stereocenters. The van der Waals surface area contributed by atoms with Crippen LogP contribution in [0.2, 0.25) is 0 Å². The molecule has 4 aromatic rings. The van der Waals surface area contributed by atoms with Crippen LogP contribution in [0, 0.1) is 0 Å². The van der Waals surface area contributed by atoms with Gasteiger partial charge in [0.25, 0.3) is 0 Å². The van der Waals surface area contributed by atoms with Crippen LogP contribution >= 0.6 is 0 Å². The molecule has 0 amide bonds. The summed E-state index contributed by atoms with van der Waals surface area (Å²) in [6.07, 6.45) is 0. The molecular formula is C24H22O3. The number of fused-ring (bicyclic) bond motifs is 2. The first-order valence-electron chi connectivity index (χ1n) is 9.28. The van der Waals surface area contributed by atoms with Crippen molar-refractivity contribution in [3.8, 4) is 23.0 Å². The Bertz CT molecular complexity index is 1070. The maximum absolute atomic E-state index is 6.06. The molecule has 4 aromatic carbocycles. The topological polar surface area (TPSA) is 27.7 Å². The van der Waals surface area contributed by atoms with Crippen LogP contribution in [0.1, 0.15) is 13.8 Å². The first-order chi connectivity index (χ1) is 13.3. The fourth-order valence-electron chi connectivity index (χ4n) is 3.37. The lowest BCUT2D eigenvalue weighted by Gasteiger charge is -2.17. The molecule has 0 saturated carbocycles. The summed E-state index contributed by atoms with van der Waals surface area (Å²) in [5.74, 6) is 3.33. The summed E-state index contributed by atoms with van der Waals surface area (Å²) < 4.78 is 18.1.